The van der Waals surface area contributed by atoms with Gasteiger partial charge in [-0.15, -0.1) is 5.10 Å². The molecule has 2 aliphatic heterocycles. The van der Waals surface area contributed by atoms with Crippen molar-refractivity contribution < 1.29 is 14.6 Å². The number of fused-ring (bicyclic) bond motifs is 1. The van der Waals surface area contributed by atoms with Gasteiger partial charge in [-0.3, -0.25) is 4.90 Å². The first-order chi connectivity index (χ1) is 13.7. The molecule has 0 radical (unpaired) electrons. The summed E-state index contributed by atoms with van der Waals surface area (Å²) in [6.07, 6.45) is 2.41. The second kappa shape index (κ2) is 7.11. The highest BCUT2D eigenvalue weighted by molar-refractivity contribution is 7.17. The fourth-order valence-electron chi connectivity index (χ4n) is 4.19. The SMILES string of the molecule is CCc1nc2sc([C@H](c3ccccc3)N3CCC4(CC3)OCCO4)c(O)n2n1. The molecule has 8 heteroatoms. The Labute approximate surface area is 167 Å². The lowest BCUT2D eigenvalue weighted by Crippen LogP contribution is -2.46. The molecule has 148 valence electrons. The van der Waals surface area contributed by atoms with Crippen molar-refractivity contribution in [2.45, 2.75) is 38.0 Å². The first-order valence-corrected chi connectivity index (χ1v) is 10.6. The molecule has 0 saturated carbocycles. The van der Waals surface area contributed by atoms with Gasteiger partial charge in [-0.05, 0) is 5.56 Å². The molecule has 1 aromatic carbocycles. The topological polar surface area (TPSA) is 72.1 Å². The minimum Gasteiger partial charge on any atom is -0.492 e. The summed E-state index contributed by atoms with van der Waals surface area (Å²) in [4.78, 5) is 8.56. The summed E-state index contributed by atoms with van der Waals surface area (Å²) < 4.78 is 13.3. The van der Waals surface area contributed by atoms with Crippen LogP contribution in [-0.4, -0.2) is 56.7 Å². The Morgan fingerprint density at radius 1 is 1.18 bits per heavy atom. The second-order valence-corrected chi connectivity index (χ2v) is 8.33. The van der Waals surface area contributed by atoms with Crippen molar-refractivity contribution in [2.75, 3.05) is 26.3 Å². The molecule has 4 heterocycles. The van der Waals surface area contributed by atoms with Crippen LogP contribution in [0.5, 0.6) is 5.88 Å². The normalized spacial score (nSPS) is 20.9. The maximum Gasteiger partial charge on any atom is 0.230 e. The van der Waals surface area contributed by atoms with Crippen molar-refractivity contribution in [1.29, 1.82) is 0 Å². The van der Waals surface area contributed by atoms with Gasteiger partial charge in [0.15, 0.2) is 11.6 Å². The van der Waals surface area contributed by atoms with Gasteiger partial charge in [-0.2, -0.15) is 4.52 Å². The summed E-state index contributed by atoms with van der Waals surface area (Å²) in [7, 11) is 0. The molecular formula is C20H24N4O3S. The predicted octanol–water partition coefficient (Wildman–Crippen LogP) is 2.99. The van der Waals surface area contributed by atoms with Crippen LogP contribution in [0.15, 0.2) is 30.3 Å². The molecule has 1 atom stereocenters. The molecule has 2 aromatic heterocycles. The number of nitrogens with zero attached hydrogens (tertiary/aromatic N) is 4. The van der Waals surface area contributed by atoms with Gasteiger partial charge in [0.05, 0.1) is 24.1 Å². The van der Waals surface area contributed by atoms with Crippen LogP contribution in [0.4, 0.5) is 0 Å². The highest BCUT2D eigenvalue weighted by atomic mass is 32.1. The minimum absolute atomic E-state index is 0.0430. The van der Waals surface area contributed by atoms with Crippen molar-refractivity contribution in [3.8, 4) is 5.88 Å². The van der Waals surface area contributed by atoms with Crippen LogP contribution in [0.25, 0.3) is 4.96 Å². The summed E-state index contributed by atoms with van der Waals surface area (Å²) in [5.74, 6) is 0.524. The highest BCUT2D eigenvalue weighted by Gasteiger charge is 2.42. The molecular weight excluding hydrogens is 376 g/mol. The lowest BCUT2D eigenvalue weighted by molar-refractivity contribution is -0.187. The Morgan fingerprint density at radius 2 is 1.89 bits per heavy atom. The third kappa shape index (κ3) is 3.00. The zero-order chi connectivity index (χ0) is 19.1. The van der Waals surface area contributed by atoms with Crippen LogP contribution in [0.1, 0.15) is 42.1 Å². The molecule has 3 aromatic rings. The largest absolute Gasteiger partial charge is 0.492 e. The molecule has 1 spiro atoms. The van der Waals surface area contributed by atoms with Gasteiger partial charge in [0.1, 0.15) is 0 Å². The quantitative estimate of drug-likeness (QED) is 0.726. The lowest BCUT2D eigenvalue weighted by atomic mass is 9.97. The van der Waals surface area contributed by atoms with Gasteiger partial charge in [-0.1, -0.05) is 48.6 Å². The first kappa shape index (κ1) is 18.1. The molecule has 1 N–H and O–H groups in total. The minimum atomic E-state index is -0.415. The molecule has 0 amide bonds. The Balaban J connectivity index is 1.51. The number of aromatic nitrogens is 3. The maximum absolute atomic E-state index is 11.0. The molecule has 7 nitrogen and oxygen atoms in total. The van der Waals surface area contributed by atoms with Crippen molar-refractivity contribution >= 4 is 16.3 Å². The van der Waals surface area contributed by atoms with E-state index in [2.05, 4.69) is 27.1 Å². The average Bonchev–Trinajstić information content (AvgIpc) is 3.42. The molecule has 2 aliphatic rings. The van der Waals surface area contributed by atoms with E-state index in [-0.39, 0.29) is 11.9 Å². The van der Waals surface area contributed by atoms with Crippen LogP contribution in [0.3, 0.4) is 0 Å². The number of piperidine rings is 1. The van der Waals surface area contributed by atoms with E-state index in [9.17, 15) is 5.11 Å². The van der Waals surface area contributed by atoms with Crippen molar-refractivity contribution in [3.63, 3.8) is 0 Å². The van der Waals surface area contributed by atoms with Gasteiger partial charge < -0.3 is 14.6 Å². The number of aryl methyl sites for hydroxylation is 1. The van der Waals surface area contributed by atoms with Crippen LogP contribution in [0.2, 0.25) is 0 Å². The van der Waals surface area contributed by atoms with Gasteiger partial charge in [0.25, 0.3) is 0 Å². The molecule has 5 rings (SSSR count). The highest BCUT2D eigenvalue weighted by Crippen LogP contribution is 2.42. The molecule has 0 unspecified atom stereocenters. The van der Waals surface area contributed by atoms with Crippen LogP contribution >= 0.6 is 11.3 Å². The zero-order valence-corrected chi connectivity index (χ0v) is 16.7. The van der Waals surface area contributed by atoms with E-state index in [1.807, 2.05) is 25.1 Å². The van der Waals surface area contributed by atoms with E-state index >= 15 is 0 Å². The fraction of sp³-hybridized carbons (Fsp3) is 0.500. The number of aromatic hydroxyl groups is 1. The molecule has 2 fully saturated rings. The Morgan fingerprint density at radius 3 is 2.54 bits per heavy atom. The van der Waals surface area contributed by atoms with Crippen molar-refractivity contribution in [2.24, 2.45) is 0 Å². The van der Waals surface area contributed by atoms with Crippen LogP contribution in [-0.2, 0) is 15.9 Å². The van der Waals surface area contributed by atoms with E-state index in [4.69, 9.17) is 9.47 Å². The van der Waals surface area contributed by atoms with Crippen LogP contribution in [0, 0.1) is 0 Å². The number of hydrogen-bond donors (Lipinski definition) is 1. The number of likely N-dealkylation sites (tertiary alicyclic amines) is 1. The molecule has 2 saturated heterocycles. The predicted molar refractivity (Wildman–Crippen MR) is 106 cm³/mol. The Hall–Kier alpha value is -2.00. The van der Waals surface area contributed by atoms with Gasteiger partial charge in [0, 0.05) is 32.4 Å². The second-order valence-electron chi connectivity index (χ2n) is 7.32. The summed E-state index contributed by atoms with van der Waals surface area (Å²) in [5.41, 5.74) is 1.15. The van der Waals surface area contributed by atoms with E-state index in [1.54, 1.807) is 4.52 Å². The summed E-state index contributed by atoms with van der Waals surface area (Å²) >= 11 is 1.52. The number of thiazole rings is 1. The molecule has 0 aliphatic carbocycles. The van der Waals surface area contributed by atoms with Gasteiger partial charge in [0.2, 0.25) is 10.8 Å². The van der Waals surface area contributed by atoms with E-state index in [0.717, 1.165) is 53.6 Å². The van der Waals surface area contributed by atoms with Gasteiger partial charge >= 0.3 is 0 Å². The number of ether oxygens (including phenoxy) is 2. The third-order valence-corrected chi connectivity index (χ3v) is 6.73. The lowest BCUT2D eigenvalue weighted by Gasteiger charge is -2.41. The van der Waals surface area contributed by atoms with Crippen molar-refractivity contribution in [1.82, 2.24) is 19.5 Å². The van der Waals surface area contributed by atoms with Crippen molar-refractivity contribution in [3.05, 3.63) is 46.6 Å². The smallest absolute Gasteiger partial charge is 0.230 e. The van der Waals surface area contributed by atoms with E-state index in [1.165, 1.54) is 11.3 Å². The van der Waals surface area contributed by atoms with Gasteiger partial charge in [-0.25, -0.2) is 4.98 Å². The third-order valence-electron chi connectivity index (χ3n) is 5.66. The molecule has 0 bridgehead atoms. The number of benzene rings is 1. The number of rotatable bonds is 4. The maximum atomic E-state index is 11.0. The van der Waals surface area contributed by atoms with Crippen LogP contribution < -0.4 is 0 Å². The first-order valence-electron chi connectivity index (χ1n) is 9.83. The van der Waals surface area contributed by atoms with E-state index < -0.39 is 5.79 Å². The number of hydrogen-bond acceptors (Lipinski definition) is 7. The zero-order valence-electron chi connectivity index (χ0n) is 15.9. The summed E-state index contributed by atoms with van der Waals surface area (Å²) in [5, 5.41) is 15.4. The fourth-order valence-corrected chi connectivity index (χ4v) is 5.33. The van der Waals surface area contributed by atoms with E-state index in [0.29, 0.717) is 13.2 Å². The monoisotopic (exact) mass is 400 g/mol. The Kier molecular flexibility index (Phi) is 4.59. The average molecular weight is 401 g/mol. The summed E-state index contributed by atoms with van der Waals surface area (Å²) in [6.45, 7) is 5.05. The summed E-state index contributed by atoms with van der Waals surface area (Å²) in [6, 6.07) is 10.3. The molecule has 28 heavy (non-hydrogen) atoms. The standard InChI is InChI=1S/C20H24N4O3S/c1-2-15-21-19-24(22-15)18(25)17(28-19)16(14-6-4-3-5-7-14)23-10-8-20(9-11-23)26-12-13-27-20/h3-7,16,25H,2,8-13H2,1H3/t16-/m0/s1. The Bertz CT molecular complexity index is 955.